The maximum atomic E-state index is 14.2. The van der Waals surface area contributed by atoms with E-state index in [-0.39, 0.29) is 16.4 Å². The molecule has 0 saturated heterocycles. The third-order valence-corrected chi connectivity index (χ3v) is 8.42. The lowest BCUT2D eigenvalue weighted by Gasteiger charge is -2.32. The molecule has 12 heteroatoms. The summed E-state index contributed by atoms with van der Waals surface area (Å²) in [7, 11) is -3.43. The number of nitrogens with zero attached hydrogens (tertiary/aromatic N) is 2. The van der Waals surface area contributed by atoms with Crippen molar-refractivity contribution in [1.82, 2.24) is 14.7 Å². The first-order chi connectivity index (χ1) is 16.2. The zero-order valence-electron chi connectivity index (χ0n) is 18.7. The summed E-state index contributed by atoms with van der Waals surface area (Å²) in [6, 6.07) is 3.60. The molecule has 2 aromatic heterocycles. The van der Waals surface area contributed by atoms with E-state index >= 15 is 0 Å². The molecule has 34 heavy (non-hydrogen) atoms. The highest BCUT2D eigenvalue weighted by Crippen LogP contribution is 2.37. The number of benzene rings is 1. The minimum absolute atomic E-state index is 0.0367. The molecule has 182 valence electrons. The van der Waals surface area contributed by atoms with Crippen LogP contribution >= 0.6 is 11.3 Å². The Bertz CT molecular complexity index is 1330. The zero-order valence-corrected chi connectivity index (χ0v) is 20.3. The number of aryl methyl sites for hydroxylation is 1. The molecule has 0 aliphatic heterocycles. The third-order valence-electron chi connectivity index (χ3n) is 5.81. The van der Waals surface area contributed by atoms with Crippen molar-refractivity contribution in [3.63, 3.8) is 0 Å². The van der Waals surface area contributed by atoms with E-state index in [1.54, 1.807) is 13.8 Å². The SMILES string of the molecule is CCS(=O)(=O)NC1CCCCC1Oc1cc(F)ccc1Nc1ncnc2sc(C(=O)O)c(C)c12. The van der Waals surface area contributed by atoms with E-state index in [4.69, 9.17) is 4.74 Å². The molecule has 3 N–H and O–H groups in total. The molecule has 1 saturated carbocycles. The monoisotopic (exact) mass is 508 g/mol. The number of aromatic carboxylic acids is 1. The highest BCUT2D eigenvalue weighted by Gasteiger charge is 2.30. The molecule has 2 heterocycles. The quantitative estimate of drug-likeness (QED) is 0.413. The number of carboxylic acids is 1. The van der Waals surface area contributed by atoms with Crippen molar-refractivity contribution in [1.29, 1.82) is 0 Å². The van der Waals surface area contributed by atoms with Gasteiger partial charge in [-0.3, -0.25) is 0 Å². The normalized spacial score (nSPS) is 18.7. The van der Waals surface area contributed by atoms with Crippen LogP contribution in [-0.4, -0.2) is 47.4 Å². The lowest BCUT2D eigenvalue weighted by Crippen LogP contribution is -2.48. The number of anilines is 2. The molecular formula is C22H25FN4O5S2. The molecule has 1 aliphatic carbocycles. The van der Waals surface area contributed by atoms with Gasteiger partial charge in [0.1, 0.15) is 39.5 Å². The maximum absolute atomic E-state index is 14.2. The Morgan fingerprint density at radius 1 is 1.29 bits per heavy atom. The molecule has 0 spiro atoms. The van der Waals surface area contributed by atoms with Gasteiger partial charge in [0.2, 0.25) is 10.0 Å². The zero-order chi connectivity index (χ0) is 24.5. The number of rotatable bonds is 8. The number of halogens is 1. The number of sulfonamides is 1. The van der Waals surface area contributed by atoms with E-state index in [9.17, 15) is 22.7 Å². The summed E-state index contributed by atoms with van der Waals surface area (Å²) in [5, 5.41) is 13.2. The van der Waals surface area contributed by atoms with Crippen LogP contribution in [0.1, 0.15) is 47.8 Å². The summed E-state index contributed by atoms with van der Waals surface area (Å²) >= 11 is 1.05. The summed E-state index contributed by atoms with van der Waals surface area (Å²) in [6.45, 7) is 3.26. The van der Waals surface area contributed by atoms with Gasteiger partial charge in [-0.2, -0.15) is 0 Å². The summed E-state index contributed by atoms with van der Waals surface area (Å²) in [6.07, 6.45) is 3.84. The van der Waals surface area contributed by atoms with Gasteiger partial charge in [-0.05, 0) is 50.8 Å². The second kappa shape index (κ2) is 9.80. The molecule has 1 aliphatic rings. The van der Waals surface area contributed by atoms with Crippen molar-refractivity contribution in [3.8, 4) is 5.75 Å². The van der Waals surface area contributed by atoms with Crippen LogP contribution < -0.4 is 14.8 Å². The second-order valence-electron chi connectivity index (χ2n) is 8.10. The Balaban J connectivity index is 1.66. The van der Waals surface area contributed by atoms with Gasteiger partial charge in [-0.25, -0.2) is 32.3 Å². The topological polar surface area (TPSA) is 131 Å². The van der Waals surface area contributed by atoms with E-state index in [2.05, 4.69) is 20.0 Å². The van der Waals surface area contributed by atoms with Crippen molar-refractivity contribution in [3.05, 3.63) is 40.8 Å². The molecule has 0 radical (unpaired) electrons. The molecule has 1 aromatic carbocycles. The fourth-order valence-electron chi connectivity index (χ4n) is 4.04. The van der Waals surface area contributed by atoms with Crippen molar-refractivity contribution in [2.45, 2.75) is 51.7 Å². The van der Waals surface area contributed by atoms with Crippen LogP contribution in [0.4, 0.5) is 15.9 Å². The van der Waals surface area contributed by atoms with E-state index in [1.165, 1.54) is 24.5 Å². The first-order valence-electron chi connectivity index (χ1n) is 10.9. The average molecular weight is 509 g/mol. The van der Waals surface area contributed by atoms with Crippen LogP contribution in [0.25, 0.3) is 10.2 Å². The minimum atomic E-state index is -3.43. The van der Waals surface area contributed by atoms with Crippen LogP contribution in [0, 0.1) is 12.7 Å². The number of carbonyl (C=O) groups is 1. The largest absolute Gasteiger partial charge is 0.486 e. The van der Waals surface area contributed by atoms with Crippen LogP contribution in [0.2, 0.25) is 0 Å². The fraction of sp³-hybridized carbons (Fsp3) is 0.409. The Morgan fingerprint density at radius 2 is 2.06 bits per heavy atom. The van der Waals surface area contributed by atoms with Gasteiger partial charge in [0, 0.05) is 6.07 Å². The summed E-state index contributed by atoms with van der Waals surface area (Å²) < 4.78 is 47.3. The third kappa shape index (κ3) is 5.13. The van der Waals surface area contributed by atoms with Gasteiger partial charge in [0.15, 0.2) is 0 Å². The van der Waals surface area contributed by atoms with Gasteiger partial charge in [-0.15, -0.1) is 11.3 Å². The Labute approximate surface area is 200 Å². The second-order valence-corrected chi connectivity index (χ2v) is 11.1. The van der Waals surface area contributed by atoms with Gasteiger partial charge >= 0.3 is 5.97 Å². The number of thiophene rings is 1. The number of nitrogens with one attached hydrogen (secondary N) is 2. The predicted molar refractivity (Wildman–Crippen MR) is 128 cm³/mol. The Hall–Kier alpha value is -2.83. The predicted octanol–water partition coefficient (Wildman–Crippen LogP) is 4.21. The number of hydrogen-bond acceptors (Lipinski definition) is 8. The number of aromatic nitrogens is 2. The molecule has 4 rings (SSSR count). The number of ether oxygens (including phenoxy) is 1. The first-order valence-corrected chi connectivity index (χ1v) is 13.4. The first kappa shape index (κ1) is 24.3. The van der Waals surface area contributed by atoms with E-state index in [0.29, 0.717) is 40.1 Å². The summed E-state index contributed by atoms with van der Waals surface area (Å²) in [5.74, 6) is -1.00. The lowest BCUT2D eigenvalue weighted by atomic mass is 9.93. The molecule has 0 bridgehead atoms. The molecular weight excluding hydrogens is 483 g/mol. The molecule has 2 unspecified atom stereocenters. The molecule has 0 amide bonds. The van der Waals surface area contributed by atoms with Crippen molar-refractivity contribution < 1.29 is 27.4 Å². The van der Waals surface area contributed by atoms with Crippen molar-refractivity contribution in [2.24, 2.45) is 0 Å². The van der Waals surface area contributed by atoms with E-state index in [0.717, 1.165) is 24.2 Å². The van der Waals surface area contributed by atoms with E-state index < -0.39 is 34.0 Å². The standard InChI is InChI=1S/C22H25FN4O5S2/c1-3-34(30,31)27-15-6-4-5-7-16(15)32-17-10-13(23)8-9-14(17)26-20-18-12(2)19(22(28)29)33-21(18)25-11-24-20/h8-11,15-16,27H,3-7H2,1-2H3,(H,28,29)(H,24,25,26). The van der Waals surface area contributed by atoms with Gasteiger partial charge < -0.3 is 15.2 Å². The van der Waals surface area contributed by atoms with E-state index in [1.807, 2.05) is 0 Å². The number of carboxylic acid groups (broad SMARTS) is 1. The minimum Gasteiger partial charge on any atom is -0.486 e. The highest BCUT2D eigenvalue weighted by molar-refractivity contribution is 7.89. The van der Waals surface area contributed by atoms with Crippen molar-refractivity contribution in [2.75, 3.05) is 11.1 Å². The number of fused-ring (bicyclic) bond motifs is 1. The van der Waals surface area contributed by atoms with Gasteiger partial charge in [-0.1, -0.05) is 6.42 Å². The van der Waals surface area contributed by atoms with Gasteiger partial charge in [0.05, 0.1) is 22.9 Å². The molecule has 3 aromatic rings. The maximum Gasteiger partial charge on any atom is 0.346 e. The average Bonchev–Trinajstić information content (AvgIpc) is 3.14. The summed E-state index contributed by atoms with van der Waals surface area (Å²) in [4.78, 5) is 20.7. The Kier molecular flexibility index (Phi) is 7.01. The highest BCUT2D eigenvalue weighted by atomic mass is 32.2. The number of hydrogen-bond donors (Lipinski definition) is 3. The van der Waals surface area contributed by atoms with Gasteiger partial charge in [0.25, 0.3) is 0 Å². The van der Waals surface area contributed by atoms with Crippen LogP contribution in [0.5, 0.6) is 5.75 Å². The fourth-order valence-corrected chi connectivity index (χ4v) is 5.93. The van der Waals surface area contributed by atoms with Crippen LogP contribution in [-0.2, 0) is 10.0 Å². The van der Waals surface area contributed by atoms with Crippen molar-refractivity contribution >= 4 is 49.1 Å². The van der Waals surface area contributed by atoms with Crippen LogP contribution in [0.15, 0.2) is 24.5 Å². The molecule has 2 atom stereocenters. The summed E-state index contributed by atoms with van der Waals surface area (Å²) in [5.41, 5.74) is 0.952. The molecule has 1 fully saturated rings. The molecule has 9 nitrogen and oxygen atoms in total. The van der Waals surface area contributed by atoms with Crippen LogP contribution in [0.3, 0.4) is 0 Å². The Morgan fingerprint density at radius 3 is 2.79 bits per heavy atom. The lowest BCUT2D eigenvalue weighted by molar-refractivity contribution is 0.0701. The smallest absolute Gasteiger partial charge is 0.346 e.